The lowest BCUT2D eigenvalue weighted by atomic mass is 10.2. The maximum atomic E-state index is 11.1. The van der Waals surface area contributed by atoms with Crippen molar-refractivity contribution in [3.63, 3.8) is 0 Å². The molecule has 0 spiro atoms. The maximum Gasteiger partial charge on any atom is 0.191 e. The quantitative estimate of drug-likeness (QED) is 0.561. The zero-order chi connectivity index (χ0) is 7.68. The molecular formula is C8H5NO2. The molecule has 3 nitrogen and oxygen atoms in total. The number of aromatic nitrogens is 1. The highest BCUT2D eigenvalue weighted by Crippen LogP contribution is 2.13. The molecule has 0 fully saturated rings. The fraction of sp³-hybridized carbons (Fsp3) is 0. The van der Waals surface area contributed by atoms with Crippen LogP contribution in [0.25, 0.3) is 11.3 Å². The van der Waals surface area contributed by atoms with E-state index in [0.29, 0.717) is 11.3 Å². The van der Waals surface area contributed by atoms with Crippen molar-refractivity contribution in [2.24, 2.45) is 0 Å². The van der Waals surface area contributed by atoms with E-state index in [9.17, 15) is 4.79 Å². The molecule has 0 aromatic rings. The van der Waals surface area contributed by atoms with Gasteiger partial charge >= 0.3 is 0 Å². The van der Waals surface area contributed by atoms with Crippen molar-refractivity contribution in [2.75, 3.05) is 0 Å². The molecule has 2 rings (SSSR count). The molecule has 0 N–H and O–H groups in total. The first-order chi connectivity index (χ1) is 5.38. The van der Waals surface area contributed by atoms with Crippen LogP contribution in [0, 0.1) is 0 Å². The Kier molecular flexibility index (Phi) is 1.22. The van der Waals surface area contributed by atoms with E-state index in [0.717, 1.165) is 0 Å². The van der Waals surface area contributed by atoms with Crippen molar-refractivity contribution in [3.05, 3.63) is 41.0 Å². The van der Waals surface area contributed by atoms with E-state index < -0.39 is 0 Å². The van der Waals surface area contributed by atoms with Gasteiger partial charge in [-0.3, -0.25) is 4.79 Å². The van der Waals surface area contributed by atoms with Crippen molar-refractivity contribution in [1.82, 2.24) is 4.98 Å². The molecule has 0 saturated heterocycles. The van der Waals surface area contributed by atoms with Gasteiger partial charge in [-0.15, -0.1) is 0 Å². The Morgan fingerprint density at radius 3 is 3.09 bits per heavy atom. The fourth-order valence-electron chi connectivity index (χ4n) is 0.946. The Hall–Kier alpha value is -1.64. The predicted octanol–water partition coefficient (Wildman–Crippen LogP) is 1.14. The highest BCUT2D eigenvalue weighted by Gasteiger charge is 2.04. The first kappa shape index (κ1) is 6.09. The van der Waals surface area contributed by atoms with Gasteiger partial charge in [0, 0.05) is 6.20 Å². The molecule has 54 valence electrons. The topological polar surface area (TPSA) is 43.1 Å². The Labute approximate surface area is 62.7 Å². The van der Waals surface area contributed by atoms with Gasteiger partial charge in [-0.25, -0.2) is 4.98 Å². The Balaban J connectivity index is 2.90. The first-order valence-corrected chi connectivity index (χ1v) is 3.19. The fourth-order valence-corrected chi connectivity index (χ4v) is 0.946. The first-order valence-electron chi connectivity index (χ1n) is 3.19. The molecule has 0 atom stereocenters. The van der Waals surface area contributed by atoms with Gasteiger partial charge in [-0.1, -0.05) is 6.07 Å². The second-order valence-electron chi connectivity index (χ2n) is 2.17. The molecule has 0 aromatic heterocycles. The zero-order valence-electron chi connectivity index (χ0n) is 5.65. The third-order valence-corrected chi connectivity index (χ3v) is 1.47. The number of hydrogen-bond acceptors (Lipinski definition) is 3. The standard InChI is InChI=1S/C8H5NO2/c10-7-2-1-3-8-6(7)4-9-5-11-8/h1-5H. The van der Waals surface area contributed by atoms with Crippen LogP contribution in [0.4, 0.5) is 0 Å². The lowest BCUT2D eigenvalue weighted by Gasteiger charge is -1.97. The van der Waals surface area contributed by atoms with Gasteiger partial charge in [-0.2, -0.15) is 0 Å². The predicted molar refractivity (Wildman–Crippen MR) is 39.4 cm³/mol. The monoisotopic (exact) mass is 147 g/mol. The van der Waals surface area contributed by atoms with E-state index in [1.807, 2.05) is 0 Å². The van der Waals surface area contributed by atoms with Crippen LogP contribution in [-0.4, -0.2) is 4.98 Å². The minimum atomic E-state index is -0.0562. The largest absolute Gasteiger partial charge is 0.445 e. The van der Waals surface area contributed by atoms with Gasteiger partial charge in [0.2, 0.25) is 0 Å². The normalized spacial score (nSPS) is 10.2. The Morgan fingerprint density at radius 2 is 2.27 bits per heavy atom. The number of nitrogens with zero attached hydrogens (tertiary/aromatic N) is 1. The summed E-state index contributed by atoms with van der Waals surface area (Å²) >= 11 is 0. The summed E-state index contributed by atoms with van der Waals surface area (Å²) in [6, 6.07) is 4.88. The van der Waals surface area contributed by atoms with Crippen LogP contribution in [0.15, 0.2) is 40.0 Å². The van der Waals surface area contributed by atoms with Crippen LogP contribution in [0.5, 0.6) is 0 Å². The third kappa shape index (κ3) is 0.902. The number of benzene rings is 1. The van der Waals surface area contributed by atoms with Crippen LogP contribution in [-0.2, 0) is 0 Å². The average Bonchev–Trinajstić information content (AvgIpc) is 2.06. The summed E-state index contributed by atoms with van der Waals surface area (Å²) in [6.45, 7) is 0. The molecule has 0 bridgehead atoms. The van der Waals surface area contributed by atoms with Crippen molar-refractivity contribution in [2.45, 2.75) is 0 Å². The molecule has 0 radical (unpaired) electrons. The van der Waals surface area contributed by atoms with Crippen LogP contribution >= 0.6 is 0 Å². The van der Waals surface area contributed by atoms with E-state index in [1.165, 1.54) is 18.7 Å². The van der Waals surface area contributed by atoms with E-state index in [-0.39, 0.29) is 5.43 Å². The van der Waals surface area contributed by atoms with Crippen LogP contribution in [0.2, 0.25) is 0 Å². The van der Waals surface area contributed by atoms with Crippen molar-refractivity contribution in [3.8, 4) is 11.3 Å². The molecule has 0 amide bonds. The molecular weight excluding hydrogens is 142 g/mol. The molecule has 11 heavy (non-hydrogen) atoms. The Morgan fingerprint density at radius 1 is 1.36 bits per heavy atom. The smallest absolute Gasteiger partial charge is 0.191 e. The highest BCUT2D eigenvalue weighted by atomic mass is 16.3. The van der Waals surface area contributed by atoms with Crippen molar-refractivity contribution < 1.29 is 4.42 Å². The molecule has 0 aromatic carbocycles. The summed E-state index contributed by atoms with van der Waals surface area (Å²) in [7, 11) is 0. The number of hydrogen-bond donors (Lipinski definition) is 0. The molecule has 1 heterocycles. The molecule has 3 heteroatoms. The lowest BCUT2D eigenvalue weighted by Crippen LogP contribution is -2.02. The van der Waals surface area contributed by atoms with Gasteiger partial charge in [-0.05, 0) is 12.1 Å². The van der Waals surface area contributed by atoms with E-state index >= 15 is 0 Å². The summed E-state index contributed by atoms with van der Waals surface area (Å²) in [5, 5.41) is 0. The SMILES string of the molecule is O=c1cccc2ocncc1-2. The highest BCUT2D eigenvalue weighted by molar-refractivity contribution is 5.55. The lowest BCUT2D eigenvalue weighted by molar-refractivity contribution is 0.541. The summed E-state index contributed by atoms with van der Waals surface area (Å²) in [5.41, 5.74) is 0.467. The summed E-state index contributed by atoms with van der Waals surface area (Å²) in [4.78, 5) is 14.8. The molecule has 2 aliphatic rings. The molecule has 1 aliphatic heterocycles. The van der Waals surface area contributed by atoms with Gasteiger partial charge < -0.3 is 4.42 Å². The van der Waals surface area contributed by atoms with Gasteiger partial charge in [0.05, 0.1) is 5.56 Å². The maximum absolute atomic E-state index is 11.1. The van der Waals surface area contributed by atoms with Gasteiger partial charge in [0.1, 0.15) is 5.76 Å². The van der Waals surface area contributed by atoms with E-state index in [1.54, 1.807) is 12.1 Å². The number of rotatable bonds is 0. The van der Waals surface area contributed by atoms with Crippen LogP contribution in [0.3, 0.4) is 0 Å². The van der Waals surface area contributed by atoms with Crippen LogP contribution < -0.4 is 5.43 Å². The van der Waals surface area contributed by atoms with E-state index in [2.05, 4.69) is 4.98 Å². The van der Waals surface area contributed by atoms with Crippen molar-refractivity contribution >= 4 is 0 Å². The average molecular weight is 147 g/mol. The minimum Gasteiger partial charge on any atom is -0.445 e. The van der Waals surface area contributed by atoms with Crippen molar-refractivity contribution in [1.29, 1.82) is 0 Å². The van der Waals surface area contributed by atoms with Gasteiger partial charge in [0.15, 0.2) is 11.8 Å². The minimum absolute atomic E-state index is 0.0562. The third-order valence-electron chi connectivity index (χ3n) is 1.47. The zero-order valence-corrected chi connectivity index (χ0v) is 5.65. The molecule has 0 unspecified atom stereocenters. The second kappa shape index (κ2) is 2.20. The van der Waals surface area contributed by atoms with Gasteiger partial charge in [0.25, 0.3) is 0 Å². The summed E-state index contributed by atoms with van der Waals surface area (Å²) in [5.74, 6) is 0.576. The Bertz CT molecular complexity index is 394. The summed E-state index contributed by atoms with van der Waals surface area (Å²) < 4.78 is 4.98. The molecule has 1 aliphatic carbocycles. The van der Waals surface area contributed by atoms with E-state index in [4.69, 9.17) is 4.42 Å². The summed E-state index contributed by atoms with van der Waals surface area (Å²) in [6.07, 6.45) is 2.81. The number of fused-ring (bicyclic) bond motifs is 1. The van der Waals surface area contributed by atoms with Crippen LogP contribution in [0.1, 0.15) is 0 Å². The molecule has 0 saturated carbocycles. The second-order valence-corrected chi connectivity index (χ2v) is 2.17.